The number of aromatic nitrogens is 2. The van der Waals surface area contributed by atoms with E-state index in [1.54, 1.807) is 32.0 Å². The first-order valence-electron chi connectivity index (χ1n) is 12.3. The minimum absolute atomic E-state index is 0.464. The zero-order valence-electron chi connectivity index (χ0n) is 20.8. The second-order valence-electron chi connectivity index (χ2n) is 10.1. The number of H-pyrrole nitrogens is 1. The van der Waals surface area contributed by atoms with E-state index in [4.69, 9.17) is 28.2 Å². The molecule has 0 saturated heterocycles. The summed E-state index contributed by atoms with van der Waals surface area (Å²) >= 11 is 13.0. The average molecular weight is 536 g/mol. The Balaban J connectivity index is 1.54. The van der Waals surface area contributed by atoms with Crippen LogP contribution in [0.15, 0.2) is 78.9 Å². The molecule has 6 rings (SSSR count). The van der Waals surface area contributed by atoms with E-state index in [1.165, 1.54) is 0 Å². The van der Waals surface area contributed by atoms with E-state index in [0.717, 1.165) is 55.7 Å². The molecule has 6 aromatic rings. The fourth-order valence-corrected chi connectivity index (χ4v) is 5.53. The summed E-state index contributed by atoms with van der Waals surface area (Å²) in [5.74, 6) is 0.557. The Morgan fingerprint density at radius 3 is 2.32 bits per heavy atom. The number of nitrogens with one attached hydrogen (secondary N) is 1. The normalized spacial score (nSPS) is 11.9. The molecule has 2 N–H and O–H groups in total. The van der Waals surface area contributed by atoms with Gasteiger partial charge in [0.25, 0.3) is 0 Å². The van der Waals surface area contributed by atoms with Gasteiger partial charge in [-0.3, -0.25) is 0 Å². The van der Waals surface area contributed by atoms with E-state index in [0.29, 0.717) is 27.0 Å². The summed E-state index contributed by atoms with van der Waals surface area (Å²) < 4.78 is 0. The molecular weight excluding hydrogens is 513 g/mol. The first-order chi connectivity index (χ1) is 18.2. The summed E-state index contributed by atoms with van der Waals surface area (Å²) in [4.78, 5) is 8.39. The average Bonchev–Trinajstić information content (AvgIpc) is 3.33. The summed E-state index contributed by atoms with van der Waals surface area (Å²) in [6.07, 6.45) is 0.752. The van der Waals surface area contributed by atoms with Gasteiger partial charge in [-0.2, -0.15) is 5.26 Å². The molecule has 0 amide bonds. The Bertz CT molecular complexity index is 1910. The maximum atomic E-state index is 10.3. The number of halogens is 2. The number of aliphatic hydroxyl groups is 1. The van der Waals surface area contributed by atoms with Gasteiger partial charge in [-0.05, 0) is 72.0 Å². The Kier molecular flexibility index (Phi) is 5.89. The van der Waals surface area contributed by atoms with Crippen molar-refractivity contribution in [1.82, 2.24) is 9.97 Å². The van der Waals surface area contributed by atoms with Crippen LogP contribution < -0.4 is 0 Å². The number of imidazole rings is 1. The summed E-state index contributed by atoms with van der Waals surface area (Å²) in [5, 5.41) is 25.1. The smallest absolute Gasteiger partial charge is 0.141 e. The predicted octanol–water partition coefficient (Wildman–Crippen LogP) is 8.53. The molecule has 0 spiro atoms. The Hall–Kier alpha value is -3.88. The highest BCUT2D eigenvalue weighted by Crippen LogP contribution is 2.39. The molecule has 0 aliphatic heterocycles. The van der Waals surface area contributed by atoms with E-state index < -0.39 is 5.60 Å². The summed E-state index contributed by atoms with van der Waals surface area (Å²) in [6, 6.07) is 27.8. The molecule has 0 fully saturated rings. The second-order valence-corrected chi connectivity index (χ2v) is 10.9. The van der Waals surface area contributed by atoms with E-state index in [1.807, 2.05) is 30.3 Å². The Labute approximate surface area is 230 Å². The number of aromatic amines is 1. The van der Waals surface area contributed by atoms with Gasteiger partial charge in [0.05, 0.1) is 38.9 Å². The molecule has 0 aliphatic carbocycles. The Morgan fingerprint density at radius 1 is 0.868 bits per heavy atom. The lowest BCUT2D eigenvalue weighted by Crippen LogP contribution is -2.15. The van der Waals surface area contributed by atoms with Gasteiger partial charge in [0, 0.05) is 15.8 Å². The van der Waals surface area contributed by atoms with Crippen LogP contribution >= 0.6 is 23.2 Å². The fourth-order valence-electron chi connectivity index (χ4n) is 5.09. The van der Waals surface area contributed by atoms with Crippen molar-refractivity contribution in [3.05, 3.63) is 111 Å². The number of rotatable bonds is 4. The van der Waals surface area contributed by atoms with Crippen molar-refractivity contribution in [2.45, 2.75) is 25.9 Å². The van der Waals surface area contributed by atoms with Gasteiger partial charge in [0.15, 0.2) is 0 Å². The van der Waals surface area contributed by atoms with Crippen LogP contribution in [0.3, 0.4) is 0 Å². The van der Waals surface area contributed by atoms with Gasteiger partial charge in [-0.1, -0.05) is 77.8 Å². The number of fused-ring (bicyclic) bond motifs is 6. The largest absolute Gasteiger partial charge is 0.386 e. The molecule has 4 nitrogen and oxygen atoms in total. The standard InChI is InChI=1S/C32H23Cl2N3O/c1-32(2,38)21-9-6-18(7-10-21)14-19-8-12-23-25(15-19)26-16-22(33)11-13-24(26)30-29(23)36-31(37-30)28-20(17-35)4-3-5-27(28)34/h3-13,15-16,38H,14H2,1-2H3,(H,36,37). The molecule has 0 saturated carbocycles. The van der Waals surface area contributed by atoms with Crippen molar-refractivity contribution in [3.63, 3.8) is 0 Å². The van der Waals surface area contributed by atoms with Crippen molar-refractivity contribution in [1.29, 1.82) is 5.26 Å². The maximum absolute atomic E-state index is 10.3. The predicted molar refractivity (Wildman–Crippen MR) is 156 cm³/mol. The van der Waals surface area contributed by atoms with Crippen molar-refractivity contribution in [2.24, 2.45) is 0 Å². The summed E-state index contributed by atoms with van der Waals surface area (Å²) in [7, 11) is 0. The van der Waals surface area contributed by atoms with Gasteiger partial charge in [-0.15, -0.1) is 0 Å². The maximum Gasteiger partial charge on any atom is 0.141 e. The lowest BCUT2D eigenvalue weighted by Gasteiger charge is -2.18. The van der Waals surface area contributed by atoms with Crippen molar-refractivity contribution >= 4 is 55.8 Å². The minimum atomic E-state index is -0.869. The number of nitriles is 1. The zero-order chi connectivity index (χ0) is 26.6. The number of benzene rings is 5. The zero-order valence-corrected chi connectivity index (χ0v) is 22.3. The molecule has 186 valence electrons. The minimum Gasteiger partial charge on any atom is -0.386 e. The molecule has 5 aromatic carbocycles. The van der Waals surface area contributed by atoms with E-state index in [9.17, 15) is 10.4 Å². The fraction of sp³-hybridized carbons (Fsp3) is 0.125. The third kappa shape index (κ3) is 4.19. The van der Waals surface area contributed by atoms with Gasteiger partial charge in [0.1, 0.15) is 5.82 Å². The molecule has 1 aromatic heterocycles. The van der Waals surface area contributed by atoms with Crippen LogP contribution in [-0.2, 0) is 12.0 Å². The summed E-state index contributed by atoms with van der Waals surface area (Å²) in [5.41, 5.74) is 5.08. The molecule has 38 heavy (non-hydrogen) atoms. The van der Waals surface area contributed by atoms with Crippen molar-refractivity contribution < 1.29 is 5.11 Å². The highest BCUT2D eigenvalue weighted by molar-refractivity contribution is 6.34. The lowest BCUT2D eigenvalue weighted by atomic mass is 9.94. The topological polar surface area (TPSA) is 72.7 Å². The molecule has 0 atom stereocenters. The van der Waals surface area contributed by atoms with E-state index in [2.05, 4.69) is 41.4 Å². The van der Waals surface area contributed by atoms with Crippen LogP contribution in [0.1, 0.15) is 36.1 Å². The third-order valence-electron chi connectivity index (χ3n) is 7.02. The first-order valence-corrected chi connectivity index (χ1v) is 13.0. The molecule has 0 aliphatic rings. The highest BCUT2D eigenvalue weighted by Gasteiger charge is 2.19. The van der Waals surface area contributed by atoms with Gasteiger partial charge in [-0.25, -0.2) is 4.98 Å². The SMILES string of the molecule is CC(C)(O)c1ccc(Cc2ccc3c(c2)c2cc(Cl)ccc2c2nc(-c4c(Cl)cccc4C#N)[nH]c32)cc1. The van der Waals surface area contributed by atoms with Crippen LogP contribution in [0.5, 0.6) is 0 Å². The highest BCUT2D eigenvalue weighted by atomic mass is 35.5. The van der Waals surface area contributed by atoms with Crippen LogP contribution in [0.25, 0.3) is 44.0 Å². The van der Waals surface area contributed by atoms with Crippen LogP contribution in [0.2, 0.25) is 10.0 Å². The van der Waals surface area contributed by atoms with Crippen LogP contribution in [0, 0.1) is 11.3 Å². The quantitative estimate of drug-likeness (QED) is 0.222. The van der Waals surface area contributed by atoms with E-state index in [-0.39, 0.29) is 0 Å². The van der Waals surface area contributed by atoms with Crippen LogP contribution in [0.4, 0.5) is 0 Å². The summed E-state index contributed by atoms with van der Waals surface area (Å²) in [6.45, 7) is 3.58. The van der Waals surface area contributed by atoms with Crippen molar-refractivity contribution in [3.8, 4) is 17.5 Å². The molecular formula is C32H23Cl2N3O. The van der Waals surface area contributed by atoms with Gasteiger partial charge >= 0.3 is 0 Å². The lowest BCUT2D eigenvalue weighted by molar-refractivity contribution is 0.0786. The van der Waals surface area contributed by atoms with Crippen molar-refractivity contribution in [2.75, 3.05) is 0 Å². The van der Waals surface area contributed by atoms with Gasteiger partial charge < -0.3 is 10.1 Å². The van der Waals surface area contributed by atoms with Gasteiger partial charge in [0.2, 0.25) is 0 Å². The Morgan fingerprint density at radius 2 is 1.58 bits per heavy atom. The first kappa shape index (κ1) is 24.5. The number of nitrogens with zero attached hydrogens (tertiary/aromatic N) is 2. The molecule has 6 heteroatoms. The molecule has 0 bridgehead atoms. The monoisotopic (exact) mass is 535 g/mol. The van der Waals surface area contributed by atoms with E-state index >= 15 is 0 Å². The van der Waals surface area contributed by atoms with Crippen LogP contribution in [-0.4, -0.2) is 15.1 Å². The molecule has 1 heterocycles. The molecule has 0 unspecified atom stereocenters. The number of hydrogen-bond donors (Lipinski definition) is 2. The molecule has 0 radical (unpaired) electrons. The number of hydrogen-bond acceptors (Lipinski definition) is 3. The second kappa shape index (κ2) is 9.15. The third-order valence-corrected chi connectivity index (χ3v) is 7.57.